The second kappa shape index (κ2) is 5.88. The fraction of sp³-hybridized carbons (Fsp3) is 0.600. The van der Waals surface area contributed by atoms with Crippen LogP contribution in [0.5, 0.6) is 0 Å². The van der Waals surface area contributed by atoms with Crippen LogP contribution in [-0.4, -0.2) is 6.04 Å². The van der Waals surface area contributed by atoms with Crippen molar-refractivity contribution in [2.24, 2.45) is 5.92 Å². The minimum Gasteiger partial charge on any atom is -0.310 e. The highest BCUT2D eigenvalue weighted by Gasteiger charge is 2.20. The maximum atomic E-state index is 5.96. The molecule has 1 N–H and O–H groups in total. The Morgan fingerprint density at radius 3 is 2.71 bits per heavy atom. The molecule has 1 nitrogen and oxygen atoms in total. The Bertz CT molecular complexity index is 369. The van der Waals surface area contributed by atoms with Gasteiger partial charge in [-0.1, -0.05) is 30.5 Å². The van der Waals surface area contributed by atoms with E-state index in [0.717, 1.165) is 17.5 Å². The van der Waals surface area contributed by atoms with Crippen LogP contribution in [0.25, 0.3) is 0 Å². The van der Waals surface area contributed by atoms with Crippen LogP contribution in [0.1, 0.15) is 43.7 Å². The van der Waals surface area contributed by atoms with E-state index in [4.69, 9.17) is 11.6 Å². The third-order valence-electron chi connectivity index (χ3n) is 4.03. The van der Waals surface area contributed by atoms with Gasteiger partial charge in [-0.15, -0.1) is 0 Å². The summed E-state index contributed by atoms with van der Waals surface area (Å²) in [5.41, 5.74) is 2.64. The Morgan fingerprint density at radius 1 is 1.35 bits per heavy atom. The molecule has 1 unspecified atom stereocenters. The first-order valence-corrected chi connectivity index (χ1v) is 7.03. The molecule has 0 aromatic heterocycles. The number of benzene rings is 1. The molecule has 1 aliphatic rings. The quantitative estimate of drug-likeness (QED) is 0.841. The summed E-state index contributed by atoms with van der Waals surface area (Å²) in [7, 11) is 0. The smallest absolute Gasteiger partial charge is 0.0408 e. The molecule has 0 saturated heterocycles. The number of nitrogens with one attached hydrogen (secondary N) is 1. The highest BCUT2D eigenvalue weighted by atomic mass is 35.5. The van der Waals surface area contributed by atoms with Crippen molar-refractivity contribution in [2.75, 3.05) is 0 Å². The molecule has 0 radical (unpaired) electrons. The second-order valence-electron chi connectivity index (χ2n) is 5.28. The fourth-order valence-electron chi connectivity index (χ4n) is 2.75. The molecular formula is C15H22ClN. The maximum Gasteiger partial charge on any atom is 0.0408 e. The molecule has 1 aromatic rings. The molecule has 2 heteroatoms. The standard InChI is InChI=1S/C15H22ClN/c1-11-9-15(16)8-7-14(11)10-17-12(2)13-5-3-4-6-13/h7-9,12-13,17H,3-6,10H2,1-2H3. The minimum atomic E-state index is 0.632. The second-order valence-corrected chi connectivity index (χ2v) is 5.72. The van der Waals surface area contributed by atoms with E-state index in [1.54, 1.807) is 0 Å². The van der Waals surface area contributed by atoms with E-state index in [1.165, 1.54) is 36.8 Å². The van der Waals surface area contributed by atoms with Crippen molar-refractivity contribution in [3.05, 3.63) is 34.3 Å². The Morgan fingerprint density at radius 2 is 2.06 bits per heavy atom. The molecule has 1 atom stereocenters. The maximum absolute atomic E-state index is 5.96. The van der Waals surface area contributed by atoms with Crippen LogP contribution in [0.3, 0.4) is 0 Å². The van der Waals surface area contributed by atoms with E-state index in [-0.39, 0.29) is 0 Å². The van der Waals surface area contributed by atoms with E-state index in [9.17, 15) is 0 Å². The van der Waals surface area contributed by atoms with Crippen LogP contribution in [-0.2, 0) is 6.54 Å². The predicted molar refractivity (Wildman–Crippen MR) is 74.4 cm³/mol. The first-order chi connectivity index (χ1) is 8.16. The highest BCUT2D eigenvalue weighted by Crippen LogP contribution is 2.27. The van der Waals surface area contributed by atoms with Gasteiger partial charge < -0.3 is 5.32 Å². The summed E-state index contributed by atoms with van der Waals surface area (Å²) in [6.45, 7) is 5.41. The molecule has 1 aromatic carbocycles. The van der Waals surface area contributed by atoms with Gasteiger partial charge in [0.15, 0.2) is 0 Å². The summed E-state index contributed by atoms with van der Waals surface area (Å²) in [6.07, 6.45) is 5.62. The van der Waals surface area contributed by atoms with Crippen molar-refractivity contribution in [3.8, 4) is 0 Å². The third-order valence-corrected chi connectivity index (χ3v) is 4.26. The molecule has 0 heterocycles. The van der Waals surface area contributed by atoms with Gasteiger partial charge in [-0.2, -0.15) is 0 Å². The zero-order chi connectivity index (χ0) is 12.3. The normalized spacial score (nSPS) is 18.5. The molecule has 0 aliphatic heterocycles. The molecule has 1 fully saturated rings. The van der Waals surface area contributed by atoms with E-state index in [2.05, 4.69) is 25.2 Å². The van der Waals surface area contributed by atoms with Crippen molar-refractivity contribution in [1.29, 1.82) is 0 Å². The topological polar surface area (TPSA) is 12.0 Å². The highest BCUT2D eigenvalue weighted by molar-refractivity contribution is 6.30. The Labute approximate surface area is 110 Å². The van der Waals surface area contributed by atoms with Gasteiger partial charge in [0.2, 0.25) is 0 Å². The lowest BCUT2D eigenvalue weighted by atomic mass is 9.99. The average molecular weight is 252 g/mol. The molecule has 0 amide bonds. The van der Waals surface area contributed by atoms with Gasteiger partial charge in [0.25, 0.3) is 0 Å². The summed E-state index contributed by atoms with van der Waals surface area (Å²) < 4.78 is 0. The van der Waals surface area contributed by atoms with E-state index in [0.29, 0.717) is 6.04 Å². The van der Waals surface area contributed by atoms with E-state index >= 15 is 0 Å². The molecule has 1 saturated carbocycles. The fourth-order valence-corrected chi connectivity index (χ4v) is 2.98. The average Bonchev–Trinajstić information content (AvgIpc) is 2.81. The van der Waals surface area contributed by atoms with Crippen LogP contribution in [0, 0.1) is 12.8 Å². The molecule has 0 bridgehead atoms. The van der Waals surface area contributed by atoms with Crippen LogP contribution in [0.2, 0.25) is 5.02 Å². The van der Waals surface area contributed by atoms with E-state index in [1.807, 2.05) is 12.1 Å². The van der Waals surface area contributed by atoms with Gasteiger partial charge in [0, 0.05) is 17.6 Å². The largest absolute Gasteiger partial charge is 0.310 e. The van der Waals surface area contributed by atoms with Gasteiger partial charge in [-0.05, 0) is 55.9 Å². The SMILES string of the molecule is Cc1cc(Cl)ccc1CNC(C)C1CCCC1. The first kappa shape index (κ1) is 12.9. The number of rotatable bonds is 4. The van der Waals surface area contributed by atoms with Gasteiger partial charge in [-0.3, -0.25) is 0 Å². The monoisotopic (exact) mass is 251 g/mol. The Hall–Kier alpha value is -0.530. The van der Waals surface area contributed by atoms with Crippen molar-refractivity contribution >= 4 is 11.6 Å². The zero-order valence-electron chi connectivity index (χ0n) is 10.8. The molecule has 17 heavy (non-hydrogen) atoms. The van der Waals surface area contributed by atoms with E-state index < -0.39 is 0 Å². The van der Waals surface area contributed by atoms with Crippen LogP contribution >= 0.6 is 11.6 Å². The van der Waals surface area contributed by atoms with Gasteiger partial charge in [0.1, 0.15) is 0 Å². The predicted octanol–water partition coefficient (Wildman–Crippen LogP) is 4.32. The van der Waals surface area contributed by atoms with Gasteiger partial charge in [0.05, 0.1) is 0 Å². The van der Waals surface area contributed by atoms with Crippen LogP contribution in [0.15, 0.2) is 18.2 Å². The number of halogens is 1. The number of aryl methyl sites for hydroxylation is 1. The Balaban J connectivity index is 1.88. The Kier molecular flexibility index (Phi) is 4.47. The van der Waals surface area contributed by atoms with Crippen LogP contribution < -0.4 is 5.32 Å². The number of hydrogen-bond acceptors (Lipinski definition) is 1. The molecule has 1 aliphatic carbocycles. The zero-order valence-corrected chi connectivity index (χ0v) is 11.6. The lowest BCUT2D eigenvalue weighted by molar-refractivity contribution is 0.380. The molecular weight excluding hydrogens is 230 g/mol. The first-order valence-electron chi connectivity index (χ1n) is 6.65. The lowest BCUT2D eigenvalue weighted by Crippen LogP contribution is -2.31. The summed E-state index contributed by atoms with van der Waals surface area (Å²) >= 11 is 5.96. The van der Waals surface area contributed by atoms with Crippen molar-refractivity contribution in [3.63, 3.8) is 0 Å². The third kappa shape index (κ3) is 3.46. The molecule has 0 spiro atoms. The van der Waals surface area contributed by atoms with Gasteiger partial charge in [-0.25, -0.2) is 0 Å². The summed E-state index contributed by atoms with van der Waals surface area (Å²) in [5, 5.41) is 4.49. The van der Waals surface area contributed by atoms with Crippen molar-refractivity contribution < 1.29 is 0 Å². The van der Waals surface area contributed by atoms with Crippen molar-refractivity contribution in [2.45, 2.75) is 52.1 Å². The molecule has 2 rings (SSSR count). The summed E-state index contributed by atoms with van der Waals surface area (Å²) in [6, 6.07) is 6.78. The summed E-state index contributed by atoms with van der Waals surface area (Å²) in [4.78, 5) is 0. The molecule has 94 valence electrons. The minimum absolute atomic E-state index is 0.632. The van der Waals surface area contributed by atoms with Gasteiger partial charge >= 0.3 is 0 Å². The summed E-state index contributed by atoms with van der Waals surface area (Å²) in [5.74, 6) is 0.877. The van der Waals surface area contributed by atoms with Crippen LogP contribution in [0.4, 0.5) is 0 Å². The lowest BCUT2D eigenvalue weighted by Gasteiger charge is -2.21. The number of hydrogen-bond donors (Lipinski definition) is 1. The van der Waals surface area contributed by atoms with Crippen molar-refractivity contribution in [1.82, 2.24) is 5.32 Å².